The molecule has 0 atom stereocenters. The summed E-state index contributed by atoms with van der Waals surface area (Å²) in [5.74, 6) is -14.6. The smallest absolute Gasteiger partial charge is 0.369 e. The van der Waals surface area contributed by atoms with Gasteiger partial charge in [-0.05, 0) is 58.7 Å². The zero-order chi connectivity index (χ0) is 67.2. The van der Waals surface area contributed by atoms with Crippen molar-refractivity contribution < 1.29 is 74.8 Å². The first kappa shape index (κ1) is 62.0. The van der Waals surface area contributed by atoms with Crippen molar-refractivity contribution >= 4 is 90.9 Å². The van der Waals surface area contributed by atoms with E-state index in [2.05, 4.69) is 20.0 Å². The van der Waals surface area contributed by atoms with Gasteiger partial charge in [-0.1, -0.05) is 144 Å². The number of nitrogens with zero attached hydrogens (tertiary/aromatic N) is 8. The van der Waals surface area contributed by atoms with Gasteiger partial charge in [0.2, 0.25) is 21.8 Å². The number of halogens is 4. The average molecular weight is 1320 g/mol. The fourth-order valence-corrected chi connectivity index (χ4v) is 12.9. The summed E-state index contributed by atoms with van der Waals surface area (Å²) in [6.07, 6.45) is 0. The van der Waals surface area contributed by atoms with E-state index < -0.39 is 174 Å². The molecule has 0 radical (unpaired) electrons. The van der Waals surface area contributed by atoms with Crippen LogP contribution in [0.2, 0.25) is 0 Å². The fourth-order valence-electron chi connectivity index (χ4n) is 10.9. The first-order valence-corrected chi connectivity index (χ1v) is 29.9. The van der Waals surface area contributed by atoms with E-state index in [1.165, 1.54) is 12.1 Å². The van der Waals surface area contributed by atoms with Gasteiger partial charge in [0.05, 0.1) is 9.75 Å². The van der Waals surface area contributed by atoms with Gasteiger partial charge in [0.1, 0.15) is 96.2 Å². The lowest BCUT2D eigenvalue weighted by Crippen LogP contribution is -2.53. The molecule has 0 bridgehead atoms. The maximum Gasteiger partial charge on any atom is 0.369 e. The molecule has 0 amide bonds. The number of carbonyl (C=O) groups excluding carboxylic acids is 6. The highest BCUT2D eigenvalue weighted by molar-refractivity contribution is 7.19. The van der Waals surface area contributed by atoms with Gasteiger partial charge in [-0.3, -0.25) is 9.59 Å². The predicted octanol–water partition coefficient (Wildman–Crippen LogP) is 12.2. The van der Waals surface area contributed by atoms with E-state index in [-0.39, 0.29) is 32.0 Å². The molecule has 0 N–H and O–H groups in total. The molecule has 20 nitrogen and oxygen atoms in total. The number of aromatic nitrogens is 2. The lowest BCUT2D eigenvalue weighted by molar-refractivity contribution is -0.185. The first-order chi connectivity index (χ1) is 46.5. The molecule has 466 valence electrons. The largest absolute Gasteiger partial charge is 0.458 e. The molecule has 2 aromatic heterocycles. The highest BCUT2D eigenvalue weighted by atomic mass is 32.1. The topological polar surface area (TPSA) is 303 Å². The Morgan fingerprint density at radius 3 is 0.990 bits per heavy atom. The van der Waals surface area contributed by atoms with Crippen molar-refractivity contribution in [2.24, 2.45) is 9.98 Å². The third-order valence-corrected chi connectivity index (χ3v) is 17.4. The first-order valence-electron chi connectivity index (χ1n) is 28.3. The Balaban J connectivity index is 1.06. The Hall–Kier alpha value is -12.9. The lowest BCUT2D eigenvalue weighted by Gasteiger charge is -2.36. The van der Waals surface area contributed by atoms with Crippen LogP contribution in [0.3, 0.4) is 0 Å². The molecule has 0 saturated heterocycles. The number of ether oxygens (including phenoxy) is 6. The highest BCUT2D eigenvalue weighted by Crippen LogP contribution is 2.58. The highest BCUT2D eigenvalue weighted by Gasteiger charge is 2.63. The summed E-state index contributed by atoms with van der Waals surface area (Å²) in [5, 5.41) is 39.6. The predicted molar refractivity (Wildman–Crippen MR) is 330 cm³/mol. The van der Waals surface area contributed by atoms with Crippen molar-refractivity contribution in [1.82, 2.24) is 9.97 Å². The average Bonchev–Trinajstić information content (AvgIpc) is 1.33. The van der Waals surface area contributed by atoms with Gasteiger partial charge in [-0.25, -0.2) is 56.7 Å². The Morgan fingerprint density at radius 1 is 0.427 bits per heavy atom. The maximum absolute atomic E-state index is 15.5. The second-order valence-electron chi connectivity index (χ2n) is 21.2. The molecule has 2 aliphatic heterocycles. The minimum atomic E-state index is -3.14. The number of esters is 4. The number of nitriles is 4. The van der Waals surface area contributed by atoms with E-state index in [1.54, 1.807) is 146 Å². The molecule has 0 fully saturated rings. The van der Waals surface area contributed by atoms with Gasteiger partial charge in [-0.15, -0.1) is 0 Å². The van der Waals surface area contributed by atoms with E-state index in [0.29, 0.717) is 69.2 Å². The van der Waals surface area contributed by atoms with Crippen molar-refractivity contribution in [3.8, 4) is 56.7 Å². The Bertz CT molecular complexity index is 4740. The minimum absolute atomic E-state index is 0.160. The number of hydrogen-bond acceptors (Lipinski definition) is 22. The zero-order valence-corrected chi connectivity index (χ0v) is 50.3. The summed E-state index contributed by atoms with van der Waals surface area (Å²) in [6.45, 7) is -1.97. The van der Waals surface area contributed by atoms with Crippen molar-refractivity contribution in [2.75, 3.05) is 0 Å². The lowest BCUT2D eigenvalue weighted by atomic mass is 9.89. The van der Waals surface area contributed by atoms with E-state index in [9.17, 15) is 39.4 Å². The third-order valence-electron chi connectivity index (χ3n) is 15.4. The molecule has 13 rings (SSSR count). The molecular formula is C70H34F4N8O12S2. The van der Waals surface area contributed by atoms with Crippen LogP contribution in [-0.2, 0) is 75.8 Å². The minimum Gasteiger partial charge on any atom is -0.458 e. The van der Waals surface area contributed by atoms with Crippen LogP contribution in [0.15, 0.2) is 179 Å². The van der Waals surface area contributed by atoms with Crippen LogP contribution in [0.25, 0.3) is 32.0 Å². The number of Topliss-reactive ketones (excluding diaryl/α,β-unsaturated/α-hetero) is 2. The summed E-state index contributed by atoms with van der Waals surface area (Å²) < 4.78 is 97.0. The SMILES string of the molecule is N#CC(C#N)=C1C(=Nc2nc3c(s2)-c2cc4c(cc2OC3(C(=O)OCc2ccccc2)C(=O)OCc2ccccc2)-c2sc(N=C3C(=O)c5cc(F)c(F)cc5C3=C(C#N)C#N)nc2C(C(=O)OCc2ccccc2)(C(=O)OCc2ccccc2)O4)C(=O)c2cc(F)c(F)cc21. The van der Waals surface area contributed by atoms with Crippen molar-refractivity contribution in [1.29, 1.82) is 21.0 Å². The number of fused-ring (bicyclic) bond motifs is 8. The molecule has 0 unspecified atom stereocenters. The molecule has 4 aliphatic rings. The standard InChI is InChI=1S/C70H34F4N8O12S2/c71-47-21-41-43(23-49(47)73)57(83)55(53(41)39(27-75)28-76)79-67-81-61-59(95-67)45-26-52-46(25-51(45)93-69(61,63(85)89-31-35-13-5-1-6-14-35)64(86)90-32-36-15-7-2-8-16-36)60-62(82-68(96-60)80-56-54(40(29-77)30-78)42-22-48(72)50(74)24-44(42)58(56)84)70(94-52,65(87)91-33-37-17-9-3-10-18-37)66(88)92-34-38-19-11-4-12-20-38/h1-26H,31-34H2. The van der Waals surface area contributed by atoms with Gasteiger partial charge in [-0.2, -0.15) is 21.0 Å². The summed E-state index contributed by atoms with van der Waals surface area (Å²) in [7, 11) is 0. The number of aliphatic imine (C=N–C) groups is 2. The summed E-state index contributed by atoms with van der Waals surface area (Å²) in [5.41, 5.74) is -11.8. The van der Waals surface area contributed by atoms with Gasteiger partial charge in [0.25, 0.3) is 0 Å². The molecule has 0 saturated carbocycles. The molecule has 7 aromatic carbocycles. The van der Waals surface area contributed by atoms with Crippen LogP contribution >= 0.6 is 22.7 Å². The molecule has 9 aromatic rings. The van der Waals surface area contributed by atoms with Gasteiger partial charge in [0, 0.05) is 44.5 Å². The zero-order valence-electron chi connectivity index (χ0n) is 48.6. The molecule has 0 spiro atoms. The molecule has 26 heteroatoms. The van der Waals surface area contributed by atoms with Crippen LogP contribution in [0.4, 0.5) is 27.8 Å². The van der Waals surface area contributed by atoms with Crippen LogP contribution in [0.5, 0.6) is 11.5 Å². The van der Waals surface area contributed by atoms with Crippen LogP contribution < -0.4 is 9.47 Å². The van der Waals surface area contributed by atoms with Crippen LogP contribution in [0, 0.1) is 68.6 Å². The molecule has 2 aliphatic carbocycles. The number of hydrogen-bond donors (Lipinski definition) is 0. The Labute approximate surface area is 546 Å². The number of benzene rings is 7. The van der Waals surface area contributed by atoms with E-state index in [4.69, 9.17) is 28.4 Å². The molecule has 4 heterocycles. The number of carbonyl (C=O) groups is 6. The van der Waals surface area contributed by atoms with E-state index in [0.717, 1.165) is 0 Å². The van der Waals surface area contributed by atoms with Gasteiger partial charge in [0.15, 0.2) is 23.3 Å². The third kappa shape index (κ3) is 10.7. The van der Waals surface area contributed by atoms with Crippen molar-refractivity contribution in [3.63, 3.8) is 0 Å². The summed E-state index contributed by atoms with van der Waals surface area (Å²) in [4.78, 5) is 108. The van der Waals surface area contributed by atoms with Crippen LogP contribution in [-0.4, -0.2) is 56.8 Å². The fraction of sp³-hybridized carbons (Fsp3) is 0.0857. The number of ketones is 2. The number of allylic oxidation sites excluding steroid dienone is 4. The van der Waals surface area contributed by atoms with Crippen molar-refractivity contribution in [2.45, 2.75) is 37.6 Å². The van der Waals surface area contributed by atoms with E-state index in [1.807, 2.05) is 0 Å². The normalized spacial score (nSPS) is 14.7. The van der Waals surface area contributed by atoms with E-state index >= 15 is 28.0 Å². The second-order valence-corrected chi connectivity index (χ2v) is 23.1. The maximum atomic E-state index is 15.5. The number of rotatable bonds is 14. The quantitative estimate of drug-likeness (QED) is 0.0321. The number of thiazole rings is 2. The monoisotopic (exact) mass is 1320 g/mol. The second kappa shape index (κ2) is 25.0. The molecular weight excluding hydrogens is 1280 g/mol. The van der Waals surface area contributed by atoms with Crippen molar-refractivity contribution in [3.05, 3.63) is 248 Å². The Kier molecular flexibility index (Phi) is 16.1. The van der Waals surface area contributed by atoms with Gasteiger partial charge >= 0.3 is 35.1 Å². The summed E-state index contributed by atoms with van der Waals surface area (Å²) >= 11 is 1.11. The summed E-state index contributed by atoms with van der Waals surface area (Å²) in [6, 6.07) is 44.2. The molecule has 96 heavy (non-hydrogen) atoms. The van der Waals surface area contributed by atoms with Gasteiger partial charge < -0.3 is 28.4 Å². The van der Waals surface area contributed by atoms with Crippen LogP contribution in [0.1, 0.15) is 65.5 Å². The Morgan fingerprint density at radius 2 is 0.708 bits per heavy atom.